The van der Waals surface area contributed by atoms with Crippen LogP contribution < -0.4 is 14.9 Å². The molecule has 0 bridgehead atoms. The molecule has 2 heterocycles. The van der Waals surface area contributed by atoms with Crippen molar-refractivity contribution in [1.29, 1.82) is 0 Å². The van der Waals surface area contributed by atoms with Gasteiger partial charge in [0.05, 0.1) is 30.7 Å². The largest absolute Gasteiger partial charge is 0.378 e. The lowest BCUT2D eigenvalue weighted by molar-refractivity contribution is -0.116. The lowest BCUT2D eigenvalue weighted by atomic mass is 9.91. The predicted octanol–water partition coefficient (Wildman–Crippen LogP) is 3.04. The Hall–Kier alpha value is -3.42. The Morgan fingerprint density at radius 3 is 2.58 bits per heavy atom. The summed E-state index contributed by atoms with van der Waals surface area (Å²) in [6, 6.07) is 6.48. The number of amides is 1. The normalized spacial score (nSPS) is 14.5. The zero-order valence-electron chi connectivity index (χ0n) is 20.9. The summed E-state index contributed by atoms with van der Waals surface area (Å²) in [5.41, 5.74) is 1.77. The average Bonchev–Trinajstić information content (AvgIpc) is 2.82. The van der Waals surface area contributed by atoms with Crippen molar-refractivity contribution in [3.8, 4) is 12.3 Å². The molecule has 0 saturated carbocycles. The van der Waals surface area contributed by atoms with Crippen molar-refractivity contribution < 1.29 is 22.3 Å². The smallest absolute Gasteiger partial charge is 0.244 e. The van der Waals surface area contributed by atoms with Gasteiger partial charge in [0.2, 0.25) is 15.9 Å². The molecule has 0 atom stereocenters. The Balaban J connectivity index is 1.76. The van der Waals surface area contributed by atoms with Crippen molar-refractivity contribution in [3.63, 3.8) is 0 Å². The number of hydrogen-bond acceptors (Lipinski definition) is 6. The van der Waals surface area contributed by atoms with Crippen molar-refractivity contribution in [1.82, 2.24) is 10.3 Å². The van der Waals surface area contributed by atoms with Gasteiger partial charge >= 0.3 is 0 Å². The topological polar surface area (TPSA) is 101 Å². The van der Waals surface area contributed by atoms with Crippen molar-refractivity contribution in [2.45, 2.75) is 32.7 Å². The molecule has 192 valence electrons. The second kappa shape index (κ2) is 11.1. The highest BCUT2D eigenvalue weighted by molar-refractivity contribution is 7.92. The first-order chi connectivity index (χ1) is 16.9. The quantitative estimate of drug-likeness (QED) is 0.435. The van der Waals surface area contributed by atoms with Crippen LogP contribution in [-0.2, 0) is 31.5 Å². The number of carbonyl (C=O) groups is 1. The molecule has 0 spiro atoms. The van der Waals surface area contributed by atoms with Gasteiger partial charge in [0.25, 0.3) is 0 Å². The standard InChI is InChI=1S/C26H31FN4O4S/c1-6-19-15-18(16-21(27)24(19)30-36(5,33)34)17-28-23(32)10-8-20-7-9-22(26(2,3)4)29-25(20)31-11-13-35-14-12-31/h1,7-10,15-16,30H,11-14,17H2,2-5H3,(H,28,32). The van der Waals surface area contributed by atoms with E-state index in [1.165, 1.54) is 12.1 Å². The zero-order chi connectivity index (χ0) is 26.5. The zero-order valence-corrected chi connectivity index (χ0v) is 21.7. The third-order valence-electron chi connectivity index (χ3n) is 5.46. The van der Waals surface area contributed by atoms with Gasteiger partial charge in [-0.2, -0.15) is 0 Å². The molecule has 0 aliphatic carbocycles. The number of pyridine rings is 1. The van der Waals surface area contributed by atoms with Crippen LogP contribution in [-0.4, -0.2) is 51.9 Å². The van der Waals surface area contributed by atoms with E-state index in [1.807, 2.05) is 12.1 Å². The van der Waals surface area contributed by atoms with E-state index >= 15 is 0 Å². The molecule has 8 nitrogen and oxygen atoms in total. The molecule has 1 fully saturated rings. The maximum absolute atomic E-state index is 14.5. The van der Waals surface area contributed by atoms with Crippen molar-refractivity contribution in [2.75, 3.05) is 42.2 Å². The summed E-state index contributed by atoms with van der Waals surface area (Å²) in [6.45, 7) is 8.94. The number of terminal acetylenes is 1. The summed E-state index contributed by atoms with van der Waals surface area (Å²) in [7, 11) is -3.71. The number of carbonyl (C=O) groups excluding carboxylic acids is 1. The Kier molecular flexibility index (Phi) is 8.38. The summed E-state index contributed by atoms with van der Waals surface area (Å²) in [4.78, 5) is 19.5. The number of aromatic nitrogens is 1. The number of halogens is 1. The SMILES string of the molecule is C#Cc1cc(CNC(=O)C=Cc2ccc(C(C)(C)C)nc2N2CCOCC2)cc(F)c1NS(C)(=O)=O. The van der Waals surface area contributed by atoms with Crippen LogP contribution in [0.5, 0.6) is 0 Å². The molecule has 1 saturated heterocycles. The van der Waals surface area contributed by atoms with Crippen LogP contribution in [0.2, 0.25) is 0 Å². The van der Waals surface area contributed by atoms with Crippen LogP contribution >= 0.6 is 0 Å². The van der Waals surface area contributed by atoms with Gasteiger partial charge in [-0.25, -0.2) is 17.8 Å². The Bertz CT molecular complexity index is 1300. The van der Waals surface area contributed by atoms with E-state index in [-0.39, 0.29) is 29.1 Å². The number of hydrogen-bond donors (Lipinski definition) is 2. The summed E-state index contributed by atoms with van der Waals surface area (Å²) < 4.78 is 45.0. The average molecular weight is 515 g/mol. The summed E-state index contributed by atoms with van der Waals surface area (Å²) in [6.07, 6.45) is 9.43. The van der Waals surface area contributed by atoms with E-state index in [0.29, 0.717) is 31.9 Å². The highest BCUT2D eigenvalue weighted by Crippen LogP contribution is 2.27. The number of sulfonamides is 1. The van der Waals surface area contributed by atoms with Gasteiger partial charge in [-0.05, 0) is 35.9 Å². The summed E-state index contributed by atoms with van der Waals surface area (Å²) in [5, 5.41) is 2.70. The molecular formula is C26H31FN4O4S. The second-order valence-corrected chi connectivity index (χ2v) is 11.3. The van der Waals surface area contributed by atoms with Gasteiger partial charge in [-0.3, -0.25) is 9.52 Å². The third kappa shape index (κ3) is 7.29. The Morgan fingerprint density at radius 2 is 1.97 bits per heavy atom. The van der Waals surface area contributed by atoms with Gasteiger partial charge in [-0.15, -0.1) is 6.42 Å². The molecule has 1 aliphatic heterocycles. The van der Waals surface area contributed by atoms with Gasteiger partial charge in [0, 0.05) is 42.4 Å². The van der Waals surface area contributed by atoms with Crippen LogP contribution in [0, 0.1) is 18.2 Å². The van der Waals surface area contributed by atoms with Crippen molar-refractivity contribution in [3.05, 3.63) is 58.5 Å². The van der Waals surface area contributed by atoms with Crippen molar-refractivity contribution in [2.24, 2.45) is 0 Å². The molecule has 3 rings (SSSR count). The first kappa shape index (κ1) is 27.2. The number of anilines is 2. The maximum Gasteiger partial charge on any atom is 0.244 e. The van der Waals surface area contributed by atoms with Gasteiger partial charge in [0.15, 0.2) is 0 Å². The molecule has 2 N–H and O–H groups in total. The molecule has 1 amide bonds. The van der Waals surface area contributed by atoms with E-state index < -0.39 is 15.8 Å². The molecule has 0 unspecified atom stereocenters. The molecule has 2 aromatic rings. The van der Waals surface area contributed by atoms with E-state index in [4.69, 9.17) is 16.1 Å². The van der Waals surface area contributed by atoms with E-state index in [0.717, 1.165) is 29.4 Å². The van der Waals surface area contributed by atoms with Gasteiger partial charge < -0.3 is 15.0 Å². The van der Waals surface area contributed by atoms with Crippen LogP contribution in [0.4, 0.5) is 15.9 Å². The monoisotopic (exact) mass is 514 g/mol. The number of benzene rings is 1. The number of morpholine rings is 1. The summed E-state index contributed by atoms with van der Waals surface area (Å²) in [5.74, 6) is 1.86. The fourth-order valence-electron chi connectivity index (χ4n) is 3.62. The molecule has 1 aliphatic rings. The molecule has 10 heteroatoms. The van der Waals surface area contributed by atoms with Crippen LogP contribution in [0.1, 0.15) is 43.2 Å². The third-order valence-corrected chi connectivity index (χ3v) is 6.03. The number of ether oxygens (including phenoxy) is 1. The van der Waals surface area contributed by atoms with Gasteiger partial charge in [0.1, 0.15) is 11.6 Å². The minimum Gasteiger partial charge on any atom is -0.378 e. The van der Waals surface area contributed by atoms with Crippen molar-refractivity contribution >= 4 is 33.5 Å². The van der Waals surface area contributed by atoms with E-state index in [9.17, 15) is 17.6 Å². The fraction of sp³-hybridized carbons (Fsp3) is 0.385. The highest BCUT2D eigenvalue weighted by Gasteiger charge is 2.21. The van der Waals surface area contributed by atoms with Gasteiger partial charge in [-0.1, -0.05) is 26.7 Å². The molecule has 1 aromatic carbocycles. The van der Waals surface area contributed by atoms with Crippen LogP contribution in [0.25, 0.3) is 6.08 Å². The first-order valence-electron chi connectivity index (χ1n) is 11.4. The lowest BCUT2D eigenvalue weighted by Gasteiger charge is -2.30. The Morgan fingerprint density at radius 1 is 1.28 bits per heavy atom. The van der Waals surface area contributed by atoms with E-state index in [1.54, 1.807) is 6.08 Å². The number of nitrogens with zero attached hydrogens (tertiary/aromatic N) is 2. The Labute approximate surface area is 212 Å². The van der Waals surface area contributed by atoms with Crippen LogP contribution in [0.3, 0.4) is 0 Å². The molecule has 0 radical (unpaired) electrons. The minimum atomic E-state index is -3.71. The minimum absolute atomic E-state index is 0.00542. The number of nitrogens with one attached hydrogen (secondary N) is 2. The second-order valence-electron chi connectivity index (χ2n) is 9.53. The predicted molar refractivity (Wildman–Crippen MR) is 140 cm³/mol. The summed E-state index contributed by atoms with van der Waals surface area (Å²) >= 11 is 0. The highest BCUT2D eigenvalue weighted by atomic mass is 32.2. The van der Waals surface area contributed by atoms with E-state index in [2.05, 4.69) is 41.6 Å². The molecular weight excluding hydrogens is 483 g/mol. The number of rotatable bonds is 7. The van der Waals surface area contributed by atoms with Crippen LogP contribution in [0.15, 0.2) is 30.3 Å². The lowest BCUT2D eigenvalue weighted by Crippen LogP contribution is -2.37. The molecule has 36 heavy (non-hydrogen) atoms. The fourth-order valence-corrected chi connectivity index (χ4v) is 4.20. The maximum atomic E-state index is 14.5. The first-order valence-corrected chi connectivity index (χ1v) is 13.3. The molecule has 1 aromatic heterocycles.